The molecule has 1 fully saturated rings. The molecule has 6 heteroatoms. The van der Waals surface area contributed by atoms with Crippen LogP contribution in [0.4, 0.5) is 0 Å². The van der Waals surface area contributed by atoms with Crippen LogP contribution >= 0.6 is 0 Å². The normalized spacial score (nSPS) is 16.2. The highest BCUT2D eigenvalue weighted by Gasteiger charge is 2.24. The standard InChI is InChI=1S/C29H32N2O4/c1-5-27(22(4)32)28(18-21(3)31-17-16-24(19-31)30-29(33)6-2)35-26-14-12-25(13-15-26)34-20-23-10-8-7-9-11-23/h5-15,18,24H,1-2,16-17,19-20H2,3-4H3,(H,30,33)/b21-18+,28-27-/t24-/m0/s1. The minimum atomic E-state index is -0.177. The van der Waals surface area contributed by atoms with Gasteiger partial charge in [0.25, 0.3) is 0 Å². The third kappa shape index (κ3) is 7.47. The van der Waals surface area contributed by atoms with Gasteiger partial charge in [-0.3, -0.25) is 9.59 Å². The Bertz CT molecular complexity index is 1120. The number of Topliss-reactive ketones (excluding diaryl/α,β-unsaturated/α-hetero) is 1. The van der Waals surface area contributed by atoms with E-state index < -0.39 is 0 Å². The van der Waals surface area contributed by atoms with Gasteiger partial charge < -0.3 is 19.7 Å². The summed E-state index contributed by atoms with van der Waals surface area (Å²) in [5.41, 5.74) is 2.41. The van der Waals surface area contributed by atoms with Gasteiger partial charge in [-0.05, 0) is 56.2 Å². The Morgan fingerprint density at radius 2 is 1.71 bits per heavy atom. The van der Waals surface area contributed by atoms with Gasteiger partial charge in [0.2, 0.25) is 5.91 Å². The van der Waals surface area contributed by atoms with E-state index in [1.54, 1.807) is 12.1 Å². The van der Waals surface area contributed by atoms with Gasteiger partial charge >= 0.3 is 0 Å². The number of likely N-dealkylation sites (tertiary alicyclic amines) is 1. The minimum absolute atomic E-state index is 0.0484. The highest BCUT2D eigenvalue weighted by molar-refractivity contribution is 5.97. The molecule has 1 saturated heterocycles. The molecular weight excluding hydrogens is 440 g/mol. The Balaban J connectivity index is 1.72. The van der Waals surface area contributed by atoms with E-state index in [9.17, 15) is 9.59 Å². The molecule has 1 heterocycles. The molecule has 3 rings (SSSR count). The van der Waals surface area contributed by atoms with Gasteiger partial charge in [-0.2, -0.15) is 0 Å². The van der Waals surface area contributed by atoms with Gasteiger partial charge in [0, 0.05) is 30.9 Å². The first-order valence-electron chi connectivity index (χ1n) is 11.6. The van der Waals surface area contributed by atoms with Crippen LogP contribution in [-0.2, 0) is 16.2 Å². The third-order valence-corrected chi connectivity index (χ3v) is 5.71. The van der Waals surface area contributed by atoms with Crippen molar-refractivity contribution in [3.8, 4) is 11.5 Å². The van der Waals surface area contributed by atoms with Crippen LogP contribution in [0.2, 0.25) is 0 Å². The third-order valence-electron chi connectivity index (χ3n) is 5.71. The van der Waals surface area contributed by atoms with Crippen molar-refractivity contribution >= 4 is 11.7 Å². The van der Waals surface area contributed by atoms with Gasteiger partial charge in [0.05, 0.1) is 5.57 Å². The van der Waals surface area contributed by atoms with Crippen LogP contribution in [0.5, 0.6) is 11.5 Å². The Morgan fingerprint density at radius 3 is 2.34 bits per heavy atom. The van der Waals surface area contributed by atoms with Gasteiger partial charge in [0.15, 0.2) is 5.78 Å². The SMILES string of the molecule is C=CC(=O)N[C@H]1CCN(/C(C)=C/C(Oc2ccc(OCc3ccccc3)cc2)=C(\C=C)C(C)=O)C1. The Labute approximate surface area is 207 Å². The second-order valence-corrected chi connectivity index (χ2v) is 8.32. The molecule has 6 nitrogen and oxygen atoms in total. The molecule has 0 bridgehead atoms. The summed E-state index contributed by atoms with van der Waals surface area (Å²) in [4.78, 5) is 26.0. The molecule has 182 valence electrons. The summed E-state index contributed by atoms with van der Waals surface area (Å²) >= 11 is 0. The monoisotopic (exact) mass is 472 g/mol. The summed E-state index contributed by atoms with van der Waals surface area (Å²) < 4.78 is 12.0. The summed E-state index contributed by atoms with van der Waals surface area (Å²) in [7, 11) is 0. The zero-order valence-corrected chi connectivity index (χ0v) is 20.3. The maximum atomic E-state index is 12.3. The highest BCUT2D eigenvalue weighted by Crippen LogP contribution is 2.24. The zero-order chi connectivity index (χ0) is 25.2. The van der Waals surface area contributed by atoms with Crippen molar-refractivity contribution in [1.29, 1.82) is 0 Å². The molecule has 0 saturated carbocycles. The van der Waals surface area contributed by atoms with E-state index in [0.717, 1.165) is 30.0 Å². The number of ether oxygens (including phenoxy) is 2. The number of nitrogens with one attached hydrogen (secondary N) is 1. The van der Waals surface area contributed by atoms with Crippen molar-refractivity contribution < 1.29 is 19.1 Å². The van der Waals surface area contributed by atoms with Gasteiger partial charge in [-0.15, -0.1) is 0 Å². The maximum Gasteiger partial charge on any atom is 0.243 e. The number of hydrogen-bond donors (Lipinski definition) is 1. The molecule has 35 heavy (non-hydrogen) atoms. The second-order valence-electron chi connectivity index (χ2n) is 8.32. The number of ketones is 1. The van der Waals surface area contributed by atoms with Crippen LogP contribution in [0, 0.1) is 0 Å². The predicted octanol–water partition coefficient (Wildman–Crippen LogP) is 4.95. The number of carbonyl (C=O) groups is 2. The minimum Gasteiger partial charge on any atom is -0.489 e. The molecule has 1 aliphatic rings. The van der Waals surface area contributed by atoms with E-state index in [0.29, 0.717) is 30.2 Å². The lowest BCUT2D eigenvalue weighted by Gasteiger charge is -2.21. The summed E-state index contributed by atoms with van der Waals surface area (Å²) in [6, 6.07) is 17.3. The lowest BCUT2D eigenvalue weighted by atomic mass is 10.1. The van der Waals surface area contributed by atoms with Crippen molar-refractivity contribution in [2.75, 3.05) is 13.1 Å². The lowest BCUT2D eigenvalue weighted by molar-refractivity contribution is -0.117. The molecule has 0 aliphatic carbocycles. The van der Waals surface area contributed by atoms with Crippen LogP contribution in [0.15, 0.2) is 103 Å². The summed E-state index contributed by atoms with van der Waals surface area (Å²) in [5.74, 6) is 1.40. The van der Waals surface area contributed by atoms with Crippen molar-refractivity contribution in [2.45, 2.75) is 32.9 Å². The van der Waals surface area contributed by atoms with Crippen molar-refractivity contribution in [3.63, 3.8) is 0 Å². The number of nitrogens with zero attached hydrogens (tertiary/aromatic N) is 1. The number of hydrogen-bond acceptors (Lipinski definition) is 5. The molecule has 0 spiro atoms. The van der Waals surface area contributed by atoms with Crippen molar-refractivity contribution in [3.05, 3.63) is 109 Å². The fraction of sp³-hybridized carbons (Fsp3) is 0.241. The largest absolute Gasteiger partial charge is 0.489 e. The van der Waals surface area contributed by atoms with Crippen LogP contribution in [0.3, 0.4) is 0 Å². The van der Waals surface area contributed by atoms with E-state index in [-0.39, 0.29) is 17.7 Å². The van der Waals surface area contributed by atoms with E-state index >= 15 is 0 Å². The first kappa shape index (κ1) is 25.6. The fourth-order valence-corrected chi connectivity index (χ4v) is 3.79. The molecular formula is C29H32N2O4. The van der Waals surface area contributed by atoms with E-state index in [4.69, 9.17) is 9.47 Å². The van der Waals surface area contributed by atoms with Crippen molar-refractivity contribution in [1.82, 2.24) is 10.2 Å². The molecule has 1 amide bonds. The maximum absolute atomic E-state index is 12.3. The number of carbonyl (C=O) groups excluding carboxylic acids is 2. The molecule has 0 aromatic heterocycles. The average Bonchev–Trinajstić information content (AvgIpc) is 3.33. The number of allylic oxidation sites excluding steroid dienone is 4. The number of rotatable bonds is 11. The molecule has 0 unspecified atom stereocenters. The van der Waals surface area contributed by atoms with E-state index in [1.807, 2.05) is 55.5 Å². The number of amides is 1. The van der Waals surface area contributed by atoms with E-state index in [1.165, 1.54) is 19.1 Å². The molecule has 1 aliphatic heterocycles. The average molecular weight is 473 g/mol. The van der Waals surface area contributed by atoms with Crippen LogP contribution in [0.25, 0.3) is 0 Å². The lowest BCUT2D eigenvalue weighted by Crippen LogP contribution is -2.35. The first-order chi connectivity index (χ1) is 16.9. The van der Waals surface area contributed by atoms with Crippen molar-refractivity contribution in [2.24, 2.45) is 0 Å². The van der Waals surface area contributed by atoms with Gasteiger partial charge in [0.1, 0.15) is 23.9 Å². The Morgan fingerprint density at radius 1 is 1.03 bits per heavy atom. The second kappa shape index (κ2) is 12.4. The summed E-state index contributed by atoms with van der Waals surface area (Å²) in [6.07, 6.45) is 5.46. The zero-order valence-electron chi connectivity index (χ0n) is 20.3. The molecule has 2 aromatic carbocycles. The highest BCUT2D eigenvalue weighted by atomic mass is 16.5. The van der Waals surface area contributed by atoms with Crippen LogP contribution in [0.1, 0.15) is 25.8 Å². The fourth-order valence-electron chi connectivity index (χ4n) is 3.79. The predicted molar refractivity (Wildman–Crippen MR) is 138 cm³/mol. The molecule has 2 aromatic rings. The smallest absolute Gasteiger partial charge is 0.243 e. The Kier molecular flexibility index (Phi) is 9.07. The van der Waals surface area contributed by atoms with Gasteiger partial charge in [-0.1, -0.05) is 49.6 Å². The topological polar surface area (TPSA) is 67.9 Å². The molecule has 0 radical (unpaired) electrons. The summed E-state index contributed by atoms with van der Waals surface area (Å²) in [6.45, 7) is 12.7. The number of benzene rings is 2. The molecule has 1 N–H and O–H groups in total. The quantitative estimate of drug-likeness (QED) is 0.285. The summed E-state index contributed by atoms with van der Waals surface area (Å²) in [5, 5.41) is 2.93. The van der Waals surface area contributed by atoms with Crippen LogP contribution in [-0.4, -0.2) is 35.7 Å². The first-order valence-corrected chi connectivity index (χ1v) is 11.6. The van der Waals surface area contributed by atoms with Crippen LogP contribution < -0.4 is 14.8 Å². The van der Waals surface area contributed by atoms with E-state index in [2.05, 4.69) is 23.4 Å². The van der Waals surface area contributed by atoms with Gasteiger partial charge in [-0.25, -0.2) is 0 Å². The Hall–Kier alpha value is -4.06. The molecule has 1 atom stereocenters.